The Bertz CT molecular complexity index is 936. The summed E-state index contributed by atoms with van der Waals surface area (Å²) in [6, 6.07) is 15.8. The van der Waals surface area contributed by atoms with E-state index in [-0.39, 0.29) is 11.3 Å². The molecule has 1 N–H and O–H groups in total. The average molecular weight is 392 g/mol. The van der Waals surface area contributed by atoms with E-state index >= 15 is 0 Å². The van der Waals surface area contributed by atoms with Gasteiger partial charge in [-0.15, -0.1) is 0 Å². The van der Waals surface area contributed by atoms with Crippen LogP contribution in [0, 0.1) is 6.92 Å². The number of carbonyl (C=O) groups excluding carboxylic acids is 1. The van der Waals surface area contributed by atoms with Crippen LogP contribution in [0.25, 0.3) is 0 Å². The van der Waals surface area contributed by atoms with E-state index in [0.29, 0.717) is 18.7 Å². The molecule has 0 aliphatic rings. The van der Waals surface area contributed by atoms with Gasteiger partial charge in [-0.1, -0.05) is 45.0 Å². The zero-order valence-electron chi connectivity index (χ0n) is 17.6. The number of imidazole rings is 1. The smallest absolute Gasteiger partial charge is 0.251 e. The second kappa shape index (κ2) is 8.95. The van der Waals surface area contributed by atoms with Crippen LogP contribution in [0.2, 0.25) is 0 Å². The Morgan fingerprint density at radius 1 is 1.07 bits per heavy atom. The van der Waals surface area contributed by atoms with E-state index in [2.05, 4.69) is 47.8 Å². The van der Waals surface area contributed by atoms with Gasteiger partial charge in [0.15, 0.2) is 0 Å². The Morgan fingerprint density at radius 2 is 1.76 bits per heavy atom. The molecule has 152 valence electrons. The van der Waals surface area contributed by atoms with E-state index in [1.165, 1.54) is 5.56 Å². The normalized spacial score (nSPS) is 11.3. The summed E-state index contributed by atoms with van der Waals surface area (Å²) in [6.45, 7) is 10.2. The van der Waals surface area contributed by atoms with Gasteiger partial charge in [-0.2, -0.15) is 0 Å². The van der Waals surface area contributed by atoms with Crippen LogP contribution in [-0.2, 0) is 12.0 Å². The van der Waals surface area contributed by atoms with E-state index in [0.717, 1.165) is 23.7 Å². The summed E-state index contributed by atoms with van der Waals surface area (Å²) in [4.78, 5) is 16.5. The van der Waals surface area contributed by atoms with Crippen molar-refractivity contribution in [2.45, 2.75) is 39.7 Å². The van der Waals surface area contributed by atoms with Crippen LogP contribution >= 0.6 is 0 Å². The topological polar surface area (TPSA) is 56.2 Å². The van der Waals surface area contributed by atoms with Gasteiger partial charge in [0.25, 0.3) is 5.91 Å². The minimum absolute atomic E-state index is 0.0953. The van der Waals surface area contributed by atoms with Crippen molar-refractivity contribution in [1.29, 1.82) is 0 Å². The summed E-state index contributed by atoms with van der Waals surface area (Å²) >= 11 is 0. The molecule has 2 aromatic carbocycles. The highest BCUT2D eigenvalue weighted by Crippen LogP contribution is 2.24. The minimum Gasteiger partial charge on any atom is -0.492 e. The van der Waals surface area contributed by atoms with E-state index in [4.69, 9.17) is 4.74 Å². The highest BCUT2D eigenvalue weighted by atomic mass is 16.5. The molecule has 3 aromatic rings. The van der Waals surface area contributed by atoms with Crippen molar-refractivity contribution in [3.63, 3.8) is 0 Å². The van der Waals surface area contributed by atoms with Crippen LogP contribution in [0.15, 0.2) is 60.9 Å². The predicted octanol–water partition coefficient (Wildman–Crippen LogP) is 4.35. The number of aromatic nitrogens is 2. The van der Waals surface area contributed by atoms with Gasteiger partial charge in [-0.3, -0.25) is 4.79 Å². The minimum atomic E-state index is -0.0953. The molecule has 0 unspecified atom stereocenters. The highest BCUT2D eigenvalue weighted by Gasteiger charge is 2.13. The Labute approximate surface area is 172 Å². The molecule has 0 radical (unpaired) electrons. The molecule has 0 bridgehead atoms. The number of hydrogen-bond donors (Lipinski definition) is 1. The molecule has 1 amide bonds. The van der Waals surface area contributed by atoms with Crippen LogP contribution in [0.3, 0.4) is 0 Å². The summed E-state index contributed by atoms with van der Waals surface area (Å²) in [7, 11) is 0. The lowest BCUT2D eigenvalue weighted by atomic mass is 9.87. The lowest BCUT2D eigenvalue weighted by molar-refractivity contribution is 0.0947. The fraction of sp³-hybridized carbons (Fsp3) is 0.333. The van der Waals surface area contributed by atoms with Crippen molar-refractivity contribution >= 4 is 5.91 Å². The Kier molecular flexibility index (Phi) is 6.37. The van der Waals surface area contributed by atoms with Crippen LogP contribution in [0.5, 0.6) is 5.75 Å². The summed E-state index contributed by atoms with van der Waals surface area (Å²) in [6.07, 6.45) is 3.74. The third kappa shape index (κ3) is 5.70. The number of nitrogens with zero attached hydrogens (tertiary/aromatic N) is 2. The molecule has 0 spiro atoms. The van der Waals surface area contributed by atoms with E-state index in [1.54, 1.807) is 6.20 Å². The molecule has 0 aliphatic heterocycles. The molecular weight excluding hydrogens is 362 g/mol. The predicted molar refractivity (Wildman–Crippen MR) is 115 cm³/mol. The first kappa shape index (κ1) is 20.6. The Morgan fingerprint density at radius 3 is 2.34 bits per heavy atom. The average Bonchev–Trinajstić information content (AvgIpc) is 3.10. The third-order valence-electron chi connectivity index (χ3n) is 4.87. The van der Waals surface area contributed by atoms with Crippen LogP contribution in [0.1, 0.15) is 48.1 Å². The fourth-order valence-electron chi connectivity index (χ4n) is 3.02. The molecule has 0 saturated carbocycles. The molecule has 1 heterocycles. The largest absolute Gasteiger partial charge is 0.492 e. The molecule has 0 atom stereocenters. The maximum atomic E-state index is 12.3. The number of nitrogens with one attached hydrogen (secondary N) is 1. The number of rotatable bonds is 7. The zero-order chi connectivity index (χ0) is 20.9. The molecule has 5 nitrogen and oxygen atoms in total. The number of amides is 1. The van der Waals surface area contributed by atoms with Crippen molar-refractivity contribution in [2.24, 2.45) is 0 Å². The Hall–Kier alpha value is -3.08. The highest BCUT2D eigenvalue weighted by molar-refractivity contribution is 5.94. The van der Waals surface area contributed by atoms with Gasteiger partial charge in [0.1, 0.15) is 18.2 Å². The fourth-order valence-corrected chi connectivity index (χ4v) is 3.02. The van der Waals surface area contributed by atoms with Crippen molar-refractivity contribution in [3.05, 3.63) is 83.4 Å². The molecule has 29 heavy (non-hydrogen) atoms. The number of carbonyl (C=O) groups is 1. The quantitative estimate of drug-likeness (QED) is 0.609. The lowest BCUT2D eigenvalue weighted by Crippen LogP contribution is -2.28. The summed E-state index contributed by atoms with van der Waals surface area (Å²) in [5.74, 6) is 1.69. The van der Waals surface area contributed by atoms with Gasteiger partial charge >= 0.3 is 0 Å². The van der Waals surface area contributed by atoms with E-state index < -0.39 is 0 Å². The molecule has 1 aromatic heterocycles. The van der Waals surface area contributed by atoms with Gasteiger partial charge in [0.2, 0.25) is 0 Å². The lowest BCUT2D eigenvalue weighted by Gasteiger charge is -2.19. The number of ether oxygens (including phenoxy) is 1. The van der Waals surface area contributed by atoms with E-state index in [1.807, 2.05) is 49.5 Å². The monoisotopic (exact) mass is 391 g/mol. The maximum absolute atomic E-state index is 12.3. The van der Waals surface area contributed by atoms with E-state index in [9.17, 15) is 4.79 Å². The molecule has 0 fully saturated rings. The molecular formula is C24H29N3O2. The van der Waals surface area contributed by atoms with Gasteiger partial charge < -0.3 is 14.6 Å². The van der Waals surface area contributed by atoms with Crippen molar-refractivity contribution < 1.29 is 9.53 Å². The molecule has 0 aliphatic carbocycles. The summed E-state index contributed by atoms with van der Waals surface area (Å²) in [5, 5.41) is 2.90. The molecule has 3 rings (SSSR count). The second-order valence-electron chi connectivity index (χ2n) is 8.18. The van der Waals surface area contributed by atoms with Gasteiger partial charge in [0.05, 0.1) is 6.54 Å². The van der Waals surface area contributed by atoms with Gasteiger partial charge in [0, 0.05) is 24.5 Å². The number of hydrogen-bond acceptors (Lipinski definition) is 3. The van der Waals surface area contributed by atoms with Crippen LogP contribution in [-0.4, -0.2) is 28.6 Å². The first-order chi connectivity index (χ1) is 13.8. The second-order valence-corrected chi connectivity index (χ2v) is 8.18. The maximum Gasteiger partial charge on any atom is 0.251 e. The number of benzene rings is 2. The summed E-state index contributed by atoms with van der Waals surface area (Å²) < 4.78 is 7.80. The first-order valence-corrected chi connectivity index (χ1v) is 9.91. The van der Waals surface area contributed by atoms with Gasteiger partial charge in [-0.25, -0.2) is 4.98 Å². The van der Waals surface area contributed by atoms with Crippen LogP contribution < -0.4 is 10.1 Å². The van der Waals surface area contributed by atoms with Gasteiger partial charge in [-0.05, 0) is 47.7 Å². The Balaban J connectivity index is 1.44. The third-order valence-corrected chi connectivity index (χ3v) is 4.87. The van der Waals surface area contributed by atoms with Crippen molar-refractivity contribution in [1.82, 2.24) is 14.9 Å². The van der Waals surface area contributed by atoms with Crippen molar-refractivity contribution in [2.75, 3.05) is 13.2 Å². The summed E-state index contributed by atoms with van der Waals surface area (Å²) in [5.41, 5.74) is 3.17. The van der Waals surface area contributed by atoms with Crippen molar-refractivity contribution in [3.8, 4) is 5.75 Å². The first-order valence-electron chi connectivity index (χ1n) is 9.91. The molecule has 0 saturated heterocycles. The zero-order valence-corrected chi connectivity index (χ0v) is 17.6. The molecule has 5 heteroatoms. The SMILES string of the molecule is Cc1nccn1Cc1ccc(C(=O)NCCOc2ccc(C(C)(C)C)cc2)cc1. The number of aryl methyl sites for hydroxylation is 1. The van der Waals surface area contributed by atoms with Crippen LogP contribution in [0.4, 0.5) is 0 Å². The standard InChI is InChI=1S/C24H29N3O2/c1-18-25-13-15-27(18)17-19-5-7-20(8-6-19)23(28)26-14-16-29-22-11-9-21(10-12-22)24(2,3)4/h5-13,15H,14,16-17H2,1-4H3,(H,26,28).